The van der Waals surface area contributed by atoms with Gasteiger partial charge in [-0.2, -0.15) is 0 Å². The summed E-state index contributed by atoms with van der Waals surface area (Å²) in [7, 11) is 0. The number of primary amides is 1. The van der Waals surface area contributed by atoms with Crippen LogP contribution in [-0.2, 0) is 9.53 Å². The zero-order valence-electron chi connectivity index (χ0n) is 11.7. The molecule has 1 aliphatic rings. The number of carbonyl (C=O) groups excluding carboxylic acids is 2. The molecule has 0 aliphatic carbocycles. The summed E-state index contributed by atoms with van der Waals surface area (Å²) in [4.78, 5) is 23.4. The van der Waals surface area contributed by atoms with Crippen LogP contribution < -0.4 is 5.73 Å². The summed E-state index contributed by atoms with van der Waals surface area (Å²) in [6.07, 6.45) is 0.817. The number of hydrogen-bond donors (Lipinski definition) is 1. The number of halogens is 2. The van der Waals surface area contributed by atoms with E-state index in [1.165, 1.54) is 12.1 Å². The summed E-state index contributed by atoms with van der Waals surface area (Å²) < 4.78 is 19.7. The fraction of sp³-hybridized carbons (Fsp3) is 0.467. The van der Waals surface area contributed by atoms with Crippen molar-refractivity contribution in [2.45, 2.75) is 32.3 Å². The Balaban J connectivity index is 2.42. The van der Waals surface area contributed by atoms with Crippen molar-refractivity contribution in [3.8, 4) is 0 Å². The minimum Gasteiger partial charge on any atom is -0.373 e. The van der Waals surface area contributed by atoms with Gasteiger partial charge < -0.3 is 10.5 Å². The number of amides is 1. The van der Waals surface area contributed by atoms with Gasteiger partial charge in [0.1, 0.15) is 5.82 Å². The summed E-state index contributed by atoms with van der Waals surface area (Å²) in [5.41, 5.74) is 6.27. The van der Waals surface area contributed by atoms with E-state index in [0.717, 1.165) is 0 Å². The van der Waals surface area contributed by atoms with Gasteiger partial charge in [0.2, 0.25) is 5.91 Å². The van der Waals surface area contributed by atoms with Crippen LogP contribution in [0.15, 0.2) is 16.6 Å². The predicted molar refractivity (Wildman–Crippen MR) is 79.3 cm³/mol. The summed E-state index contributed by atoms with van der Waals surface area (Å²) in [6.45, 7) is 2.11. The summed E-state index contributed by atoms with van der Waals surface area (Å²) in [5.74, 6) is -1.30. The molecular weight excluding hydrogens is 341 g/mol. The van der Waals surface area contributed by atoms with E-state index in [9.17, 15) is 14.0 Å². The molecule has 21 heavy (non-hydrogen) atoms. The standard InChI is InChI=1S/C15H17BrFNO3/c1-2-12(19)10-6-9(17)7-11(16)14(10)13-5-8(15(18)20)3-4-21-13/h6-8,13H,2-5H2,1H3,(H2,18,20). The molecule has 2 rings (SSSR count). The first-order chi connectivity index (χ1) is 9.93. The average molecular weight is 358 g/mol. The third kappa shape index (κ3) is 3.49. The van der Waals surface area contributed by atoms with Crippen LogP contribution in [0.2, 0.25) is 0 Å². The minimum atomic E-state index is -0.482. The van der Waals surface area contributed by atoms with Gasteiger partial charge in [-0.15, -0.1) is 0 Å². The van der Waals surface area contributed by atoms with Gasteiger partial charge in [-0.25, -0.2) is 4.39 Å². The number of rotatable bonds is 4. The van der Waals surface area contributed by atoms with Gasteiger partial charge in [0, 0.05) is 34.5 Å². The summed E-state index contributed by atoms with van der Waals surface area (Å²) in [5, 5.41) is 0. The molecule has 2 atom stereocenters. The van der Waals surface area contributed by atoms with Crippen molar-refractivity contribution in [1.29, 1.82) is 0 Å². The molecule has 1 heterocycles. The molecule has 0 saturated carbocycles. The maximum Gasteiger partial charge on any atom is 0.220 e. The van der Waals surface area contributed by atoms with Crippen molar-refractivity contribution in [3.63, 3.8) is 0 Å². The zero-order valence-corrected chi connectivity index (χ0v) is 13.3. The SMILES string of the molecule is CCC(=O)c1cc(F)cc(Br)c1C1CC(C(N)=O)CCO1. The Morgan fingerprint density at radius 3 is 2.81 bits per heavy atom. The molecule has 2 N–H and O–H groups in total. The molecule has 1 aliphatic heterocycles. The van der Waals surface area contributed by atoms with Gasteiger partial charge in [-0.05, 0) is 25.0 Å². The maximum absolute atomic E-state index is 13.6. The number of Topliss-reactive ketones (excluding diaryl/α,β-unsaturated/α-hetero) is 1. The van der Waals surface area contributed by atoms with Crippen molar-refractivity contribution in [2.75, 3.05) is 6.61 Å². The van der Waals surface area contributed by atoms with Crippen LogP contribution in [0.4, 0.5) is 4.39 Å². The summed E-state index contributed by atoms with van der Waals surface area (Å²) in [6, 6.07) is 2.53. The van der Waals surface area contributed by atoms with E-state index < -0.39 is 11.9 Å². The molecule has 0 radical (unpaired) electrons. The lowest BCUT2D eigenvalue weighted by Crippen LogP contribution is -2.31. The second-order valence-corrected chi connectivity index (χ2v) is 5.96. The first-order valence-electron chi connectivity index (χ1n) is 6.87. The smallest absolute Gasteiger partial charge is 0.220 e. The molecule has 0 spiro atoms. The van der Waals surface area contributed by atoms with E-state index in [-0.39, 0.29) is 24.0 Å². The molecule has 0 bridgehead atoms. The number of hydrogen-bond acceptors (Lipinski definition) is 3. The molecule has 114 valence electrons. The highest BCUT2D eigenvalue weighted by atomic mass is 79.9. The Hall–Kier alpha value is -1.27. The van der Waals surface area contributed by atoms with Crippen LogP contribution in [-0.4, -0.2) is 18.3 Å². The second kappa shape index (κ2) is 6.66. The number of ketones is 1. The number of carbonyl (C=O) groups is 2. The maximum atomic E-state index is 13.6. The van der Waals surface area contributed by atoms with Crippen LogP contribution >= 0.6 is 15.9 Å². The van der Waals surface area contributed by atoms with E-state index in [2.05, 4.69) is 15.9 Å². The van der Waals surface area contributed by atoms with Gasteiger partial charge in [0.05, 0.1) is 6.10 Å². The number of ether oxygens (including phenoxy) is 1. The highest BCUT2D eigenvalue weighted by molar-refractivity contribution is 9.10. The molecule has 2 unspecified atom stereocenters. The predicted octanol–water partition coefficient (Wildman–Crippen LogP) is 3.13. The van der Waals surface area contributed by atoms with E-state index in [0.29, 0.717) is 35.0 Å². The van der Waals surface area contributed by atoms with Gasteiger partial charge >= 0.3 is 0 Å². The molecule has 4 nitrogen and oxygen atoms in total. The second-order valence-electron chi connectivity index (χ2n) is 5.11. The molecule has 1 aromatic rings. The Kier molecular flexibility index (Phi) is 5.11. The third-order valence-corrected chi connectivity index (χ3v) is 4.38. The van der Waals surface area contributed by atoms with E-state index >= 15 is 0 Å². The lowest BCUT2D eigenvalue weighted by atomic mass is 9.88. The van der Waals surface area contributed by atoms with Crippen molar-refractivity contribution in [3.05, 3.63) is 33.5 Å². The fourth-order valence-electron chi connectivity index (χ4n) is 2.59. The lowest BCUT2D eigenvalue weighted by Gasteiger charge is -2.30. The van der Waals surface area contributed by atoms with Crippen LogP contribution in [0.5, 0.6) is 0 Å². The highest BCUT2D eigenvalue weighted by Gasteiger charge is 2.31. The molecule has 1 saturated heterocycles. The molecule has 0 aromatic heterocycles. The normalized spacial score (nSPS) is 22.0. The van der Waals surface area contributed by atoms with E-state index in [1.807, 2.05) is 0 Å². The highest BCUT2D eigenvalue weighted by Crippen LogP contribution is 2.38. The van der Waals surface area contributed by atoms with Gasteiger partial charge in [0.25, 0.3) is 0 Å². The van der Waals surface area contributed by atoms with Crippen LogP contribution in [0.25, 0.3) is 0 Å². The molecular formula is C15H17BrFNO3. The van der Waals surface area contributed by atoms with Crippen molar-refractivity contribution < 1.29 is 18.7 Å². The Labute approximate surface area is 131 Å². The molecule has 1 amide bonds. The molecule has 6 heteroatoms. The number of nitrogens with two attached hydrogens (primary N) is 1. The molecule has 1 fully saturated rings. The van der Waals surface area contributed by atoms with Gasteiger partial charge in [0.15, 0.2) is 5.78 Å². The largest absolute Gasteiger partial charge is 0.373 e. The van der Waals surface area contributed by atoms with Crippen LogP contribution in [0.3, 0.4) is 0 Å². The minimum absolute atomic E-state index is 0.157. The first kappa shape index (κ1) is 16.1. The Morgan fingerprint density at radius 1 is 1.48 bits per heavy atom. The fourth-order valence-corrected chi connectivity index (χ4v) is 3.28. The van der Waals surface area contributed by atoms with E-state index in [1.54, 1.807) is 6.92 Å². The van der Waals surface area contributed by atoms with E-state index in [4.69, 9.17) is 10.5 Å². The summed E-state index contributed by atoms with van der Waals surface area (Å²) >= 11 is 3.30. The zero-order chi connectivity index (χ0) is 15.6. The van der Waals surface area contributed by atoms with Crippen LogP contribution in [0, 0.1) is 11.7 Å². The average Bonchev–Trinajstić information content (AvgIpc) is 2.45. The topological polar surface area (TPSA) is 69.4 Å². The molecule has 1 aromatic carbocycles. The van der Waals surface area contributed by atoms with Gasteiger partial charge in [-0.1, -0.05) is 22.9 Å². The monoisotopic (exact) mass is 357 g/mol. The van der Waals surface area contributed by atoms with Crippen molar-refractivity contribution >= 4 is 27.6 Å². The van der Waals surface area contributed by atoms with Crippen molar-refractivity contribution in [1.82, 2.24) is 0 Å². The number of benzene rings is 1. The Bertz CT molecular complexity index is 576. The van der Waals surface area contributed by atoms with Crippen molar-refractivity contribution in [2.24, 2.45) is 11.7 Å². The third-order valence-electron chi connectivity index (χ3n) is 3.72. The lowest BCUT2D eigenvalue weighted by molar-refractivity contribution is -0.126. The quantitative estimate of drug-likeness (QED) is 0.841. The Morgan fingerprint density at radius 2 is 2.19 bits per heavy atom. The van der Waals surface area contributed by atoms with Crippen LogP contribution in [0.1, 0.15) is 48.2 Å². The first-order valence-corrected chi connectivity index (χ1v) is 7.66. The van der Waals surface area contributed by atoms with Gasteiger partial charge in [-0.3, -0.25) is 9.59 Å².